The maximum atomic E-state index is 10.7. The number of anilines is 1. The Balaban J connectivity index is 1.87. The Morgan fingerprint density at radius 2 is 1.95 bits per heavy atom. The molecule has 104 valence electrons. The molecule has 0 aliphatic carbocycles. The van der Waals surface area contributed by atoms with Crippen LogP contribution in [0, 0.1) is 0 Å². The van der Waals surface area contributed by atoms with E-state index < -0.39 is 0 Å². The number of ether oxygens (including phenoxy) is 1. The summed E-state index contributed by atoms with van der Waals surface area (Å²) in [5.41, 5.74) is 1.62. The molecule has 4 heteroatoms. The van der Waals surface area contributed by atoms with Crippen molar-refractivity contribution in [3.63, 3.8) is 0 Å². The van der Waals surface area contributed by atoms with Crippen LogP contribution in [0.2, 0.25) is 5.02 Å². The van der Waals surface area contributed by atoms with Gasteiger partial charge in [-0.2, -0.15) is 0 Å². The van der Waals surface area contributed by atoms with Gasteiger partial charge < -0.3 is 9.64 Å². The lowest BCUT2D eigenvalue weighted by molar-refractivity contribution is 0.112. The summed E-state index contributed by atoms with van der Waals surface area (Å²) < 4.78 is 5.64. The Kier molecular flexibility index (Phi) is 5.02. The smallest absolute Gasteiger partial charge is 0.151 e. The first-order valence-electron chi connectivity index (χ1n) is 6.34. The van der Waals surface area contributed by atoms with Gasteiger partial charge in [-0.1, -0.05) is 29.8 Å². The molecule has 20 heavy (non-hydrogen) atoms. The molecule has 0 saturated heterocycles. The molecule has 0 atom stereocenters. The van der Waals surface area contributed by atoms with E-state index in [1.54, 1.807) is 18.2 Å². The van der Waals surface area contributed by atoms with Gasteiger partial charge in [-0.15, -0.1) is 0 Å². The largest absolute Gasteiger partial charge is 0.492 e. The van der Waals surface area contributed by atoms with E-state index in [1.807, 2.05) is 25.2 Å². The second-order valence-corrected chi connectivity index (χ2v) is 4.81. The zero-order valence-electron chi connectivity index (χ0n) is 11.3. The van der Waals surface area contributed by atoms with Crippen LogP contribution in [0.15, 0.2) is 48.5 Å². The minimum absolute atomic E-state index is 0.411. The second-order valence-electron chi connectivity index (χ2n) is 4.41. The van der Waals surface area contributed by atoms with Gasteiger partial charge in [-0.05, 0) is 30.3 Å². The monoisotopic (exact) mass is 289 g/mol. The third kappa shape index (κ3) is 3.75. The van der Waals surface area contributed by atoms with Crippen LogP contribution in [0.25, 0.3) is 0 Å². The summed E-state index contributed by atoms with van der Waals surface area (Å²) >= 11 is 5.95. The summed E-state index contributed by atoms with van der Waals surface area (Å²) in [5.74, 6) is 0.669. The van der Waals surface area contributed by atoms with Crippen molar-refractivity contribution in [3.05, 3.63) is 59.1 Å². The van der Waals surface area contributed by atoms with Crippen LogP contribution < -0.4 is 9.64 Å². The number of carbonyl (C=O) groups excluding carboxylic acids is 1. The van der Waals surface area contributed by atoms with Crippen LogP contribution in [-0.2, 0) is 0 Å². The van der Waals surface area contributed by atoms with Crippen molar-refractivity contribution in [2.75, 3.05) is 25.1 Å². The molecule has 0 N–H and O–H groups in total. The van der Waals surface area contributed by atoms with Crippen molar-refractivity contribution in [1.82, 2.24) is 0 Å². The van der Waals surface area contributed by atoms with Crippen molar-refractivity contribution < 1.29 is 9.53 Å². The highest BCUT2D eigenvalue weighted by Crippen LogP contribution is 2.21. The highest BCUT2D eigenvalue weighted by Gasteiger charge is 2.03. The molecule has 2 aromatic carbocycles. The third-order valence-corrected chi connectivity index (χ3v) is 3.32. The van der Waals surface area contributed by atoms with E-state index in [9.17, 15) is 4.79 Å². The minimum Gasteiger partial charge on any atom is -0.492 e. The molecular formula is C16H16ClNO2. The zero-order valence-corrected chi connectivity index (χ0v) is 12.0. The molecule has 0 spiro atoms. The lowest BCUT2D eigenvalue weighted by atomic mass is 10.2. The van der Waals surface area contributed by atoms with Crippen LogP contribution in [-0.4, -0.2) is 26.5 Å². The molecule has 0 aliphatic rings. The average molecular weight is 290 g/mol. The van der Waals surface area contributed by atoms with E-state index in [0.717, 1.165) is 18.5 Å². The van der Waals surface area contributed by atoms with E-state index >= 15 is 0 Å². The van der Waals surface area contributed by atoms with Gasteiger partial charge in [0.25, 0.3) is 0 Å². The molecule has 3 nitrogen and oxygen atoms in total. The van der Waals surface area contributed by atoms with E-state index in [-0.39, 0.29) is 0 Å². The van der Waals surface area contributed by atoms with Crippen LogP contribution in [0.1, 0.15) is 10.4 Å². The molecule has 0 amide bonds. The lowest BCUT2D eigenvalue weighted by Crippen LogP contribution is -2.23. The van der Waals surface area contributed by atoms with Crippen molar-refractivity contribution >= 4 is 23.6 Å². The molecule has 0 radical (unpaired) electrons. The lowest BCUT2D eigenvalue weighted by Gasteiger charge is -2.19. The first-order chi connectivity index (χ1) is 9.70. The Labute approximate surface area is 123 Å². The number of nitrogens with zero attached hydrogens (tertiary/aromatic N) is 1. The molecule has 0 unspecified atom stereocenters. The van der Waals surface area contributed by atoms with Crippen molar-refractivity contribution in [1.29, 1.82) is 0 Å². The number of para-hydroxylation sites is 1. The number of hydrogen-bond donors (Lipinski definition) is 0. The summed E-state index contributed by atoms with van der Waals surface area (Å²) in [4.78, 5) is 12.8. The summed E-state index contributed by atoms with van der Waals surface area (Å²) in [6.45, 7) is 1.30. The van der Waals surface area contributed by atoms with Gasteiger partial charge in [0.15, 0.2) is 6.29 Å². The third-order valence-electron chi connectivity index (χ3n) is 2.99. The van der Waals surface area contributed by atoms with Crippen molar-refractivity contribution in [2.24, 2.45) is 0 Å². The Morgan fingerprint density at radius 1 is 1.20 bits per heavy atom. The topological polar surface area (TPSA) is 29.5 Å². The molecule has 0 fully saturated rings. The number of carbonyl (C=O) groups is 1. The average Bonchev–Trinajstić information content (AvgIpc) is 2.48. The highest BCUT2D eigenvalue weighted by atomic mass is 35.5. The number of hydrogen-bond acceptors (Lipinski definition) is 3. The van der Waals surface area contributed by atoms with Gasteiger partial charge >= 0.3 is 0 Å². The predicted molar refractivity (Wildman–Crippen MR) is 82.0 cm³/mol. The van der Waals surface area contributed by atoms with E-state index in [4.69, 9.17) is 16.3 Å². The molecule has 0 saturated carbocycles. The van der Waals surface area contributed by atoms with Crippen molar-refractivity contribution in [2.45, 2.75) is 0 Å². The summed E-state index contributed by atoms with van der Waals surface area (Å²) in [7, 11) is 2.02. The number of benzene rings is 2. The number of rotatable bonds is 6. The van der Waals surface area contributed by atoms with Crippen LogP contribution >= 0.6 is 11.6 Å². The normalized spacial score (nSPS) is 10.1. The van der Waals surface area contributed by atoms with Crippen LogP contribution in [0.4, 0.5) is 5.69 Å². The fourth-order valence-electron chi connectivity index (χ4n) is 1.81. The first kappa shape index (κ1) is 14.4. The highest BCUT2D eigenvalue weighted by molar-refractivity contribution is 6.33. The zero-order chi connectivity index (χ0) is 14.4. The summed E-state index contributed by atoms with van der Waals surface area (Å²) in [6.07, 6.45) is 0.731. The fourth-order valence-corrected chi connectivity index (χ4v) is 2.02. The first-order valence-corrected chi connectivity index (χ1v) is 6.72. The van der Waals surface area contributed by atoms with Crippen LogP contribution in [0.5, 0.6) is 5.75 Å². The molecular weight excluding hydrogens is 274 g/mol. The number of aldehydes is 1. The maximum Gasteiger partial charge on any atom is 0.151 e. The van der Waals surface area contributed by atoms with Gasteiger partial charge in [0.2, 0.25) is 0 Å². The molecule has 0 aromatic heterocycles. The molecule has 0 heterocycles. The quantitative estimate of drug-likeness (QED) is 0.760. The van der Waals surface area contributed by atoms with Gasteiger partial charge in [0.1, 0.15) is 12.4 Å². The van der Waals surface area contributed by atoms with E-state index in [1.165, 1.54) is 0 Å². The minimum atomic E-state index is 0.411. The standard InChI is InChI=1S/C16H16ClNO2/c1-18(14-5-3-2-4-6-14)9-10-20-15-8-7-13(12-19)16(17)11-15/h2-8,11-12H,9-10H2,1H3. The predicted octanol–water partition coefficient (Wildman–Crippen LogP) is 3.67. The Morgan fingerprint density at radius 3 is 2.60 bits per heavy atom. The van der Waals surface area contributed by atoms with Crippen molar-refractivity contribution in [3.8, 4) is 5.75 Å². The SMILES string of the molecule is CN(CCOc1ccc(C=O)c(Cl)c1)c1ccccc1. The summed E-state index contributed by atoms with van der Waals surface area (Å²) in [5, 5.41) is 0.411. The van der Waals surface area contributed by atoms with E-state index in [0.29, 0.717) is 22.9 Å². The molecule has 0 bridgehead atoms. The summed E-state index contributed by atoms with van der Waals surface area (Å²) in [6, 6.07) is 15.2. The fraction of sp³-hybridized carbons (Fsp3) is 0.188. The van der Waals surface area contributed by atoms with Gasteiger partial charge in [0.05, 0.1) is 11.6 Å². The van der Waals surface area contributed by atoms with Crippen LogP contribution in [0.3, 0.4) is 0 Å². The van der Waals surface area contributed by atoms with Gasteiger partial charge in [-0.3, -0.25) is 4.79 Å². The number of likely N-dealkylation sites (N-methyl/N-ethyl adjacent to an activating group) is 1. The molecule has 0 aliphatic heterocycles. The Bertz CT molecular complexity index is 572. The van der Waals surface area contributed by atoms with E-state index in [2.05, 4.69) is 17.0 Å². The van der Waals surface area contributed by atoms with Gasteiger partial charge in [0, 0.05) is 18.3 Å². The second kappa shape index (κ2) is 6.96. The Hall–Kier alpha value is -2.00. The number of halogens is 1. The molecule has 2 rings (SSSR count). The molecule has 2 aromatic rings. The van der Waals surface area contributed by atoms with Gasteiger partial charge in [-0.25, -0.2) is 0 Å². The maximum absolute atomic E-state index is 10.7.